The Hall–Kier alpha value is -2.78. The molecule has 0 radical (unpaired) electrons. The summed E-state index contributed by atoms with van der Waals surface area (Å²) >= 11 is 11.8. The third kappa shape index (κ3) is 5.47. The monoisotopic (exact) mass is 542 g/mol. The molecule has 0 heterocycles. The summed E-state index contributed by atoms with van der Waals surface area (Å²) in [7, 11) is 0. The van der Waals surface area contributed by atoms with Crippen LogP contribution in [-0.4, -0.2) is 29.7 Å². The van der Waals surface area contributed by atoms with E-state index in [1.54, 1.807) is 12.1 Å². The molecule has 0 atom stereocenters. The van der Waals surface area contributed by atoms with Crippen LogP contribution in [0.25, 0.3) is 0 Å². The summed E-state index contributed by atoms with van der Waals surface area (Å²) < 4.78 is 43.7. The van der Waals surface area contributed by atoms with E-state index in [0.717, 1.165) is 12.1 Å². The van der Waals surface area contributed by atoms with Crippen molar-refractivity contribution in [2.75, 3.05) is 6.61 Å². The molecule has 3 aliphatic carbocycles. The maximum absolute atomic E-state index is 13.0. The van der Waals surface area contributed by atoms with Crippen LogP contribution in [0.4, 0.5) is 13.2 Å². The number of hydrogen-bond donors (Lipinski definition) is 2. The largest absolute Gasteiger partial charge is 0.484 e. The van der Waals surface area contributed by atoms with Crippen molar-refractivity contribution in [3.8, 4) is 5.75 Å². The Balaban J connectivity index is 1.31. The van der Waals surface area contributed by atoms with Crippen LogP contribution >= 0.6 is 23.2 Å². The lowest BCUT2D eigenvalue weighted by Crippen LogP contribution is -2.64. The third-order valence-corrected chi connectivity index (χ3v) is 7.67. The Morgan fingerprint density at radius 2 is 1.64 bits per heavy atom. The predicted octanol–water partition coefficient (Wildman–Crippen LogP) is 5.10. The molecule has 2 N–H and O–H groups in total. The second kappa shape index (κ2) is 9.94. The van der Waals surface area contributed by atoms with E-state index >= 15 is 0 Å². The van der Waals surface area contributed by atoms with E-state index in [2.05, 4.69) is 10.6 Å². The standard InChI is InChI=1S/C25H23Cl2F3N2O4/c26-18-6-5-17(11-19(18)27)36-14-21(34)32-23-7-9-24(10-8-23,20(33)12-23)22(35)31-13-15-1-3-16(4-2-15)25(28,29)30/h1-6,11H,7-10,12-14H2,(H,31,35)(H,32,34). The van der Waals surface area contributed by atoms with E-state index in [0.29, 0.717) is 34.2 Å². The van der Waals surface area contributed by atoms with Crippen LogP contribution in [0.15, 0.2) is 42.5 Å². The van der Waals surface area contributed by atoms with Crippen LogP contribution in [0.3, 0.4) is 0 Å². The van der Waals surface area contributed by atoms with Gasteiger partial charge < -0.3 is 15.4 Å². The van der Waals surface area contributed by atoms with Gasteiger partial charge in [0.1, 0.15) is 11.2 Å². The zero-order valence-electron chi connectivity index (χ0n) is 19.0. The molecule has 6 nitrogen and oxygen atoms in total. The quantitative estimate of drug-likeness (QED) is 0.477. The number of hydrogen-bond acceptors (Lipinski definition) is 4. The van der Waals surface area contributed by atoms with Crippen LogP contribution in [0.2, 0.25) is 10.0 Å². The number of fused-ring (bicyclic) bond motifs is 3. The van der Waals surface area contributed by atoms with E-state index < -0.39 is 34.5 Å². The zero-order valence-corrected chi connectivity index (χ0v) is 20.5. The topological polar surface area (TPSA) is 84.5 Å². The van der Waals surface area contributed by atoms with Gasteiger partial charge in [0.25, 0.3) is 5.91 Å². The molecule has 3 aliphatic rings. The van der Waals surface area contributed by atoms with Gasteiger partial charge in [0.2, 0.25) is 5.91 Å². The van der Waals surface area contributed by atoms with Crippen molar-refractivity contribution in [2.24, 2.45) is 5.41 Å². The molecule has 0 unspecified atom stereocenters. The first-order chi connectivity index (χ1) is 16.9. The lowest BCUT2D eigenvalue weighted by Gasteiger charge is -2.51. The molecule has 2 amide bonds. The molecule has 5 rings (SSSR count). The molecule has 36 heavy (non-hydrogen) atoms. The fourth-order valence-corrected chi connectivity index (χ4v) is 5.11. The van der Waals surface area contributed by atoms with Crippen molar-refractivity contribution in [1.29, 1.82) is 0 Å². The summed E-state index contributed by atoms with van der Waals surface area (Å²) in [5.41, 5.74) is -2.19. The number of carbonyl (C=O) groups is 3. The highest BCUT2D eigenvalue weighted by molar-refractivity contribution is 6.42. The average molecular weight is 543 g/mol. The molecule has 0 spiro atoms. The van der Waals surface area contributed by atoms with Gasteiger partial charge in [-0.05, 0) is 55.5 Å². The van der Waals surface area contributed by atoms with Gasteiger partial charge in [-0.15, -0.1) is 0 Å². The van der Waals surface area contributed by atoms with Gasteiger partial charge in [-0.25, -0.2) is 0 Å². The van der Waals surface area contributed by atoms with Gasteiger partial charge in [0.05, 0.1) is 15.6 Å². The number of carbonyl (C=O) groups excluding carboxylic acids is 3. The molecule has 192 valence electrons. The Labute approximate surface area is 215 Å². The number of amides is 2. The van der Waals surface area contributed by atoms with Crippen molar-refractivity contribution in [3.05, 3.63) is 63.6 Å². The SMILES string of the molecule is O=C(COc1ccc(Cl)c(Cl)c1)NC12CCC(C(=O)NCc3ccc(C(F)(F)F)cc3)(CC1)C(=O)C2. The van der Waals surface area contributed by atoms with Gasteiger partial charge in [-0.2, -0.15) is 13.2 Å². The molecule has 11 heteroatoms. The molecule has 3 saturated carbocycles. The molecule has 0 aliphatic heterocycles. The first kappa shape index (κ1) is 26.3. The average Bonchev–Trinajstić information content (AvgIpc) is 2.83. The number of ketones is 1. The number of alkyl halides is 3. The lowest BCUT2D eigenvalue weighted by atomic mass is 9.56. The van der Waals surface area contributed by atoms with Crippen molar-refractivity contribution in [1.82, 2.24) is 10.6 Å². The molecule has 0 saturated heterocycles. The second-order valence-corrected chi connectivity index (χ2v) is 10.1. The summed E-state index contributed by atoms with van der Waals surface area (Å²) in [5, 5.41) is 6.28. The molecule has 0 aromatic heterocycles. The highest BCUT2D eigenvalue weighted by Gasteiger charge is 2.58. The summed E-state index contributed by atoms with van der Waals surface area (Å²) in [6, 6.07) is 9.14. The number of halogens is 5. The molecule has 3 fully saturated rings. The fraction of sp³-hybridized carbons (Fsp3) is 0.400. The van der Waals surface area contributed by atoms with Crippen molar-refractivity contribution >= 4 is 40.8 Å². The molecule has 2 aromatic carbocycles. The van der Waals surface area contributed by atoms with Crippen LogP contribution in [0, 0.1) is 5.41 Å². The maximum atomic E-state index is 13.0. The Bertz CT molecular complexity index is 1180. The predicted molar refractivity (Wildman–Crippen MR) is 127 cm³/mol. The van der Waals surface area contributed by atoms with E-state index in [1.807, 2.05) is 0 Å². The summed E-state index contributed by atoms with van der Waals surface area (Å²) in [6.07, 6.45) is -2.96. The molecule has 2 aromatic rings. The van der Waals surface area contributed by atoms with Gasteiger partial charge >= 0.3 is 6.18 Å². The van der Waals surface area contributed by atoms with E-state index in [4.69, 9.17) is 27.9 Å². The van der Waals surface area contributed by atoms with Gasteiger partial charge in [-0.3, -0.25) is 14.4 Å². The van der Waals surface area contributed by atoms with Crippen LogP contribution in [0.1, 0.15) is 43.2 Å². The molecular weight excluding hydrogens is 520 g/mol. The number of ether oxygens (including phenoxy) is 1. The van der Waals surface area contributed by atoms with Crippen LogP contribution in [-0.2, 0) is 27.1 Å². The molecular formula is C25H23Cl2F3N2O4. The minimum absolute atomic E-state index is 0.0138. The summed E-state index contributed by atoms with van der Waals surface area (Å²) in [6.45, 7) is -0.257. The lowest BCUT2D eigenvalue weighted by molar-refractivity contribution is -0.153. The van der Waals surface area contributed by atoms with Gasteiger partial charge in [0.15, 0.2) is 12.4 Å². The van der Waals surface area contributed by atoms with Crippen LogP contribution < -0.4 is 15.4 Å². The summed E-state index contributed by atoms with van der Waals surface area (Å²) in [5.74, 6) is -0.704. The summed E-state index contributed by atoms with van der Waals surface area (Å²) in [4.78, 5) is 38.5. The first-order valence-corrected chi connectivity index (χ1v) is 12.0. The minimum atomic E-state index is -4.44. The Morgan fingerprint density at radius 1 is 0.972 bits per heavy atom. The maximum Gasteiger partial charge on any atom is 0.416 e. The third-order valence-electron chi connectivity index (χ3n) is 6.93. The van der Waals surface area contributed by atoms with Crippen molar-refractivity contribution in [3.63, 3.8) is 0 Å². The van der Waals surface area contributed by atoms with E-state index in [9.17, 15) is 27.6 Å². The second-order valence-electron chi connectivity index (χ2n) is 9.25. The first-order valence-electron chi connectivity index (χ1n) is 11.3. The number of benzene rings is 2. The highest BCUT2D eigenvalue weighted by atomic mass is 35.5. The fourth-order valence-electron chi connectivity index (χ4n) is 4.82. The van der Waals surface area contributed by atoms with Gasteiger partial charge in [-0.1, -0.05) is 35.3 Å². The minimum Gasteiger partial charge on any atom is -0.484 e. The highest BCUT2D eigenvalue weighted by Crippen LogP contribution is 2.50. The normalized spacial score (nSPS) is 23.3. The molecule has 2 bridgehead atoms. The van der Waals surface area contributed by atoms with Gasteiger partial charge in [0, 0.05) is 24.6 Å². The van der Waals surface area contributed by atoms with E-state index in [-0.39, 0.29) is 38.2 Å². The van der Waals surface area contributed by atoms with Crippen LogP contribution in [0.5, 0.6) is 5.75 Å². The zero-order chi connectivity index (χ0) is 26.1. The number of nitrogens with one attached hydrogen (secondary N) is 2. The number of Topliss-reactive ketones (excluding diaryl/α,β-unsaturated/α-hetero) is 1. The van der Waals surface area contributed by atoms with Crippen molar-refractivity contribution in [2.45, 2.75) is 50.4 Å². The van der Waals surface area contributed by atoms with E-state index in [1.165, 1.54) is 18.2 Å². The van der Waals surface area contributed by atoms with Crippen molar-refractivity contribution < 1.29 is 32.3 Å². The smallest absolute Gasteiger partial charge is 0.416 e. The Morgan fingerprint density at radius 3 is 2.22 bits per heavy atom. The Kier molecular flexibility index (Phi) is 7.26. The number of rotatable bonds is 7.